The Morgan fingerprint density at radius 3 is 2.83 bits per heavy atom. The molecule has 1 saturated carbocycles. The summed E-state index contributed by atoms with van der Waals surface area (Å²) < 4.78 is 5.00. The van der Waals surface area contributed by atoms with Crippen LogP contribution in [0.15, 0.2) is 18.2 Å². The fraction of sp³-hybridized carbons (Fsp3) is 0.538. The van der Waals surface area contributed by atoms with Crippen LogP contribution >= 0.6 is 15.9 Å². The van der Waals surface area contributed by atoms with Crippen molar-refractivity contribution in [1.82, 2.24) is 0 Å². The van der Waals surface area contributed by atoms with Crippen LogP contribution < -0.4 is 4.74 Å². The average Bonchev–Trinajstić information content (AvgIpc) is 2.75. The van der Waals surface area contributed by atoms with Gasteiger partial charge in [0.1, 0.15) is 0 Å². The summed E-state index contributed by atoms with van der Waals surface area (Å²) in [6.45, 7) is 0. The van der Waals surface area contributed by atoms with Crippen LogP contribution in [0.4, 0.5) is 5.69 Å². The molecule has 0 amide bonds. The molecule has 98 valence electrons. The quantitative estimate of drug-likeness (QED) is 0.483. The summed E-state index contributed by atoms with van der Waals surface area (Å²) in [7, 11) is 1.45. The molecule has 1 aliphatic rings. The molecule has 18 heavy (non-hydrogen) atoms. The van der Waals surface area contributed by atoms with E-state index in [1.807, 2.05) is 6.07 Å². The van der Waals surface area contributed by atoms with Gasteiger partial charge in [-0.1, -0.05) is 28.4 Å². The number of nitro groups is 1. The van der Waals surface area contributed by atoms with E-state index in [1.165, 1.54) is 26.4 Å². The monoisotopic (exact) mass is 313 g/mol. The first kappa shape index (κ1) is 13.3. The standard InChI is InChI=1S/C13H16BrNO3/c1-18-13-6-5-9(8-12(13)15(16)17)7-10-3-2-4-11(10)14/h5-6,8,10-11H,2-4,7H2,1H3. The van der Waals surface area contributed by atoms with Crippen LogP contribution in [-0.2, 0) is 6.42 Å². The molecular weight excluding hydrogens is 298 g/mol. The van der Waals surface area contributed by atoms with Gasteiger partial charge in [-0.15, -0.1) is 0 Å². The zero-order valence-corrected chi connectivity index (χ0v) is 11.9. The maximum atomic E-state index is 11.0. The minimum atomic E-state index is -0.386. The first-order valence-electron chi connectivity index (χ1n) is 6.07. The van der Waals surface area contributed by atoms with Crippen LogP contribution in [-0.4, -0.2) is 16.9 Å². The van der Waals surface area contributed by atoms with E-state index in [0.29, 0.717) is 16.5 Å². The number of methoxy groups -OCH3 is 1. The number of nitro benzene ring substituents is 1. The molecule has 2 unspecified atom stereocenters. The normalized spacial score (nSPS) is 23.0. The highest BCUT2D eigenvalue weighted by Gasteiger charge is 2.26. The van der Waals surface area contributed by atoms with E-state index < -0.39 is 0 Å². The second-order valence-electron chi connectivity index (χ2n) is 4.67. The molecule has 0 saturated heterocycles. The number of ether oxygens (including phenoxy) is 1. The lowest BCUT2D eigenvalue weighted by Gasteiger charge is -2.14. The molecule has 0 spiro atoms. The molecule has 0 N–H and O–H groups in total. The van der Waals surface area contributed by atoms with Crippen molar-refractivity contribution in [3.63, 3.8) is 0 Å². The van der Waals surface area contributed by atoms with Crippen LogP contribution in [0.25, 0.3) is 0 Å². The van der Waals surface area contributed by atoms with Crippen molar-refractivity contribution in [3.8, 4) is 5.75 Å². The molecule has 2 rings (SSSR count). The number of hydrogen-bond acceptors (Lipinski definition) is 3. The Bertz CT molecular complexity index is 450. The molecule has 5 heteroatoms. The third kappa shape index (κ3) is 2.83. The fourth-order valence-corrected chi connectivity index (χ4v) is 3.30. The van der Waals surface area contributed by atoms with Crippen molar-refractivity contribution in [1.29, 1.82) is 0 Å². The summed E-state index contributed by atoms with van der Waals surface area (Å²) in [6.07, 6.45) is 4.51. The lowest BCUT2D eigenvalue weighted by molar-refractivity contribution is -0.385. The lowest BCUT2D eigenvalue weighted by atomic mass is 9.97. The Kier molecular flexibility index (Phi) is 4.22. The highest BCUT2D eigenvalue weighted by atomic mass is 79.9. The minimum Gasteiger partial charge on any atom is -0.490 e. The van der Waals surface area contributed by atoms with E-state index in [-0.39, 0.29) is 10.6 Å². The van der Waals surface area contributed by atoms with Crippen molar-refractivity contribution >= 4 is 21.6 Å². The second-order valence-corrected chi connectivity index (χ2v) is 5.85. The van der Waals surface area contributed by atoms with Crippen LogP contribution in [0.1, 0.15) is 24.8 Å². The molecule has 4 nitrogen and oxygen atoms in total. The van der Waals surface area contributed by atoms with Gasteiger partial charge in [0.15, 0.2) is 5.75 Å². The number of hydrogen-bond donors (Lipinski definition) is 0. The van der Waals surface area contributed by atoms with Crippen molar-refractivity contribution in [2.24, 2.45) is 5.92 Å². The number of rotatable bonds is 4. The molecule has 0 bridgehead atoms. The summed E-state index contributed by atoms with van der Waals surface area (Å²) in [4.78, 5) is 11.1. The molecule has 2 atom stereocenters. The van der Waals surface area contributed by atoms with Crippen molar-refractivity contribution in [2.45, 2.75) is 30.5 Å². The highest BCUT2D eigenvalue weighted by Crippen LogP contribution is 2.35. The predicted molar refractivity (Wildman–Crippen MR) is 73.4 cm³/mol. The van der Waals surface area contributed by atoms with E-state index in [0.717, 1.165) is 12.0 Å². The van der Waals surface area contributed by atoms with Gasteiger partial charge < -0.3 is 4.74 Å². The van der Waals surface area contributed by atoms with Crippen molar-refractivity contribution < 1.29 is 9.66 Å². The molecule has 1 fully saturated rings. The molecule has 0 aromatic heterocycles. The molecule has 1 aromatic carbocycles. The maximum Gasteiger partial charge on any atom is 0.311 e. The van der Waals surface area contributed by atoms with Crippen molar-refractivity contribution in [2.75, 3.05) is 7.11 Å². The fourth-order valence-electron chi connectivity index (χ4n) is 2.53. The smallest absolute Gasteiger partial charge is 0.311 e. The van der Waals surface area contributed by atoms with Crippen LogP contribution in [0.5, 0.6) is 5.75 Å². The Balaban J connectivity index is 2.18. The Hall–Kier alpha value is -1.10. The summed E-state index contributed by atoms with van der Waals surface area (Å²) in [5.41, 5.74) is 1.07. The lowest BCUT2D eigenvalue weighted by Crippen LogP contribution is -2.10. The van der Waals surface area contributed by atoms with Gasteiger partial charge in [0, 0.05) is 10.9 Å². The Labute approximate surface area is 115 Å². The Morgan fingerprint density at radius 2 is 2.28 bits per heavy atom. The molecule has 0 heterocycles. The molecule has 0 radical (unpaired) electrons. The number of alkyl halides is 1. The predicted octanol–water partition coefficient (Wildman–Crippen LogP) is 3.71. The first-order valence-corrected chi connectivity index (χ1v) is 6.98. The molecule has 1 aromatic rings. The SMILES string of the molecule is COc1ccc(CC2CCCC2Br)cc1[N+](=O)[O-]. The highest BCUT2D eigenvalue weighted by molar-refractivity contribution is 9.09. The van der Waals surface area contributed by atoms with E-state index in [1.54, 1.807) is 12.1 Å². The summed E-state index contributed by atoms with van der Waals surface area (Å²) >= 11 is 3.68. The second kappa shape index (κ2) is 5.69. The topological polar surface area (TPSA) is 52.4 Å². The van der Waals surface area contributed by atoms with Crippen LogP contribution in [0, 0.1) is 16.0 Å². The number of halogens is 1. The number of nitrogens with zero attached hydrogens (tertiary/aromatic N) is 1. The third-order valence-electron chi connectivity index (χ3n) is 3.50. The molecular formula is C13H16BrNO3. The minimum absolute atomic E-state index is 0.0547. The van der Waals surface area contributed by atoms with Crippen molar-refractivity contribution in [3.05, 3.63) is 33.9 Å². The van der Waals surface area contributed by atoms with E-state index in [9.17, 15) is 10.1 Å². The van der Waals surface area contributed by atoms with Gasteiger partial charge in [-0.2, -0.15) is 0 Å². The maximum absolute atomic E-state index is 11.0. The first-order chi connectivity index (χ1) is 8.61. The molecule has 1 aliphatic carbocycles. The van der Waals surface area contributed by atoms with Gasteiger partial charge in [0.05, 0.1) is 12.0 Å². The van der Waals surface area contributed by atoms with Crippen LogP contribution in [0.2, 0.25) is 0 Å². The zero-order valence-electron chi connectivity index (χ0n) is 10.3. The Morgan fingerprint density at radius 1 is 1.50 bits per heavy atom. The summed E-state index contributed by atoms with van der Waals surface area (Å²) in [6, 6.07) is 5.24. The van der Waals surface area contributed by atoms with E-state index in [4.69, 9.17) is 4.74 Å². The average molecular weight is 314 g/mol. The van der Waals surface area contributed by atoms with E-state index >= 15 is 0 Å². The third-order valence-corrected chi connectivity index (χ3v) is 4.71. The van der Waals surface area contributed by atoms with Gasteiger partial charge in [-0.25, -0.2) is 0 Å². The number of benzene rings is 1. The largest absolute Gasteiger partial charge is 0.490 e. The summed E-state index contributed by atoms with van der Waals surface area (Å²) in [5, 5.41) is 11.0. The molecule has 0 aliphatic heterocycles. The van der Waals surface area contributed by atoms with Gasteiger partial charge >= 0.3 is 5.69 Å². The van der Waals surface area contributed by atoms with Gasteiger partial charge in [0.25, 0.3) is 0 Å². The summed E-state index contributed by atoms with van der Waals surface area (Å²) in [5.74, 6) is 0.906. The van der Waals surface area contributed by atoms with E-state index in [2.05, 4.69) is 15.9 Å². The van der Waals surface area contributed by atoms with Gasteiger partial charge in [0.2, 0.25) is 0 Å². The van der Waals surface area contributed by atoms with Gasteiger partial charge in [-0.3, -0.25) is 10.1 Å². The van der Waals surface area contributed by atoms with Gasteiger partial charge in [-0.05, 0) is 36.8 Å². The van der Waals surface area contributed by atoms with Crippen LogP contribution in [0.3, 0.4) is 0 Å². The zero-order chi connectivity index (χ0) is 13.1.